The van der Waals surface area contributed by atoms with E-state index in [2.05, 4.69) is 0 Å². The van der Waals surface area contributed by atoms with Crippen molar-refractivity contribution < 1.29 is 9.31 Å². The summed E-state index contributed by atoms with van der Waals surface area (Å²) in [5.41, 5.74) is -0.972. The van der Waals surface area contributed by atoms with Crippen molar-refractivity contribution in [1.82, 2.24) is 0 Å². The van der Waals surface area contributed by atoms with Gasteiger partial charge >= 0.3 is 5.69 Å². The number of nitro groups is 1. The van der Waals surface area contributed by atoms with E-state index in [0.29, 0.717) is 0 Å². The van der Waals surface area contributed by atoms with Crippen molar-refractivity contribution in [3.05, 3.63) is 38.7 Å². The van der Waals surface area contributed by atoms with Crippen LogP contribution in [0.5, 0.6) is 0 Å². The van der Waals surface area contributed by atoms with E-state index in [1.165, 1.54) is 6.07 Å². The van der Waals surface area contributed by atoms with Gasteiger partial charge in [0.1, 0.15) is 4.84 Å². The quantitative estimate of drug-likeness (QED) is 0.459. The van der Waals surface area contributed by atoms with Gasteiger partial charge < -0.3 is 0 Å². The monoisotopic (exact) mass is 257 g/mol. The molecule has 76 valence electrons. The second kappa shape index (κ2) is 4.29. The van der Waals surface area contributed by atoms with E-state index in [4.69, 9.17) is 34.8 Å². The molecule has 14 heavy (non-hydrogen) atoms. The van der Waals surface area contributed by atoms with E-state index >= 15 is 0 Å². The highest BCUT2D eigenvalue weighted by atomic mass is 35.5. The number of alkyl halides is 2. The summed E-state index contributed by atoms with van der Waals surface area (Å²) in [5.74, 6) is -1.10. The van der Waals surface area contributed by atoms with Crippen molar-refractivity contribution in [2.24, 2.45) is 0 Å². The van der Waals surface area contributed by atoms with Gasteiger partial charge in [-0.3, -0.25) is 10.1 Å². The highest BCUT2D eigenvalue weighted by molar-refractivity contribution is 6.45. The van der Waals surface area contributed by atoms with Crippen LogP contribution >= 0.6 is 34.8 Å². The lowest BCUT2D eigenvalue weighted by molar-refractivity contribution is -0.387. The molecule has 0 heterocycles. The Morgan fingerprint density at radius 2 is 2.00 bits per heavy atom. The molecule has 0 aliphatic rings. The van der Waals surface area contributed by atoms with E-state index in [9.17, 15) is 14.5 Å². The molecule has 0 atom stereocenters. The molecule has 0 fully saturated rings. The maximum atomic E-state index is 13.3. The SMILES string of the molecule is O=[N+]([O-])c1ccc(Cl)c(C(Cl)Cl)c1F. The predicted molar refractivity (Wildman–Crippen MR) is 52.5 cm³/mol. The Morgan fingerprint density at radius 1 is 1.43 bits per heavy atom. The number of benzene rings is 1. The first-order valence-electron chi connectivity index (χ1n) is 3.35. The molecular weight excluding hydrogens is 255 g/mol. The van der Waals surface area contributed by atoms with E-state index in [1.807, 2.05) is 0 Å². The van der Waals surface area contributed by atoms with E-state index in [1.54, 1.807) is 0 Å². The highest BCUT2D eigenvalue weighted by Crippen LogP contribution is 2.36. The Bertz CT molecular complexity index is 383. The Kier molecular flexibility index (Phi) is 3.53. The molecule has 0 aliphatic heterocycles. The minimum atomic E-state index is -1.23. The predicted octanol–water partition coefficient (Wildman–Crippen LogP) is 3.86. The van der Waals surface area contributed by atoms with Crippen molar-refractivity contribution in [1.29, 1.82) is 0 Å². The normalized spacial score (nSPS) is 10.6. The number of hydrogen-bond acceptors (Lipinski definition) is 2. The fourth-order valence-corrected chi connectivity index (χ4v) is 1.69. The fourth-order valence-electron chi connectivity index (χ4n) is 0.899. The molecular formula is C7H3Cl3FNO2. The van der Waals surface area contributed by atoms with Gasteiger partial charge in [0.25, 0.3) is 0 Å². The second-order valence-electron chi connectivity index (χ2n) is 2.35. The molecule has 0 aliphatic carbocycles. The topological polar surface area (TPSA) is 43.1 Å². The van der Waals surface area contributed by atoms with Crippen LogP contribution in [-0.4, -0.2) is 4.92 Å². The fraction of sp³-hybridized carbons (Fsp3) is 0.143. The lowest BCUT2D eigenvalue weighted by Crippen LogP contribution is -1.98. The molecule has 7 heteroatoms. The first-order chi connectivity index (χ1) is 6.45. The molecule has 0 spiro atoms. The van der Waals surface area contributed by atoms with Crippen molar-refractivity contribution in [3.8, 4) is 0 Å². The Morgan fingerprint density at radius 3 is 2.43 bits per heavy atom. The molecule has 1 aromatic rings. The minimum absolute atomic E-state index is 0.0388. The molecule has 0 saturated heterocycles. The average molecular weight is 258 g/mol. The zero-order valence-electron chi connectivity index (χ0n) is 6.51. The van der Waals surface area contributed by atoms with Crippen molar-refractivity contribution in [3.63, 3.8) is 0 Å². The first-order valence-corrected chi connectivity index (χ1v) is 4.60. The molecule has 0 amide bonds. The largest absolute Gasteiger partial charge is 0.305 e. The van der Waals surface area contributed by atoms with Crippen LogP contribution in [-0.2, 0) is 0 Å². The first kappa shape index (κ1) is 11.5. The highest BCUT2D eigenvalue weighted by Gasteiger charge is 2.23. The van der Waals surface area contributed by atoms with E-state index in [-0.39, 0.29) is 10.6 Å². The van der Waals surface area contributed by atoms with Crippen molar-refractivity contribution in [2.45, 2.75) is 4.84 Å². The molecule has 0 N–H and O–H groups in total. The third kappa shape index (κ3) is 2.08. The van der Waals surface area contributed by atoms with Gasteiger partial charge in [-0.05, 0) is 6.07 Å². The molecule has 1 aromatic carbocycles. The number of nitrogens with zero attached hydrogens (tertiary/aromatic N) is 1. The smallest absolute Gasteiger partial charge is 0.258 e. The summed E-state index contributed by atoms with van der Waals surface area (Å²) in [4.78, 5) is 8.24. The molecule has 0 aromatic heterocycles. The number of rotatable bonds is 2. The zero-order chi connectivity index (χ0) is 10.9. The molecule has 0 saturated carbocycles. The van der Waals surface area contributed by atoms with Crippen LogP contribution in [0.15, 0.2) is 12.1 Å². The lowest BCUT2D eigenvalue weighted by atomic mass is 10.2. The van der Waals surface area contributed by atoms with Crippen molar-refractivity contribution >= 4 is 40.5 Å². The van der Waals surface area contributed by atoms with E-state index in [0.717, 1.165) is 6.07 Å². The standard InChI is InChI=1S/C7H3Cl3FNO2/c8-3-1-2-4(12(13)14)6(11)5(3)7(9)10/h1-2,7H. The van der Waals surface area contributed by atoms with Gasteiger partial charge in [0.15, 0.2) is 0 Å². The zero-order valence-corrected chi connectivity index (χ0v) is 8.78. The number of halogens is 4. The van der Waals surface area contributed by atoms with E-state index < -0.39 is 21.3 Å². The van der Waals surface area contributed by atoms with Gasteiger partial charge in [0, 0.05) is 16.7 Å². The van der Waals surface area contributed by atoms with Gasteiger partial charge in [0.05, 0.1) is 4.92 Å². The maximum absolute atomic E-state index is 13.3. The summed E-state index contributed by atoms with van der Waals surface area (Å²) >= 11 is 16.4. The van der Waals surface area contributed by atoms with Crippen LogP contribution in [0.3, 0.4) is 0 Å². The van der Waals surface area contributed by atoms with Gasteiger partial charge in [0.2, 0.25) is 5.82 Å². The van der Waals surface area contributed by atoms with Gasteiger partial charge in [-0.15, -0.1) is 0 Å². The molecule has 0 bridgehead atoms. The summed E-state index contributed by atoms with van der Waals surface area (Å²) in [7, 11) is 0. The maximum Gasteiger partial charge on any atom is 0.305 e. The minimum Gasteiger partial charge on any atom is -0.258 e. The molecule has 1 rings (SSSR count). The summed E-state index contributed by atoms with van der Waals surface area (Å²) in [5, 5.41) is 10.3. The molecule has 0 radical (unpaired) electrons. The number of hydrogen-bond donors (Lipinski definition) is 0. The lowest BCUT2D eigenvalue weighted by Gasteiger charge is -2.05. The van der Waals surface area contributed by atoms with Crippen LogP contribution in [0.1, 0.15) is 10.4 Å². The summed E-state index contributed by atoms with van der Waals surface area (Å²) in [6, 6.07) is 2.13. The van der Waals surface area contributed by atoms with Crippen LogP contribution in [0.4, 0.5) is 10.1 Å². The van der Waals surface area contributed by atoms with Gasteiger partial charge in [-0.2, -0.15) is 4.39 Å². The van der Waals surface area contributed by atoms with Gasteiger partial charge in [-0.1, -0.05) is 34.8 Å². The van der Waals surface area contributed by atoms with Crippen molar-refractivity contribution in [2.75, 3.05) is 0 Å². The van der Waals surface area contributed by atoms with Gasteiger partial charge in [-0.25, -0.2) is 0 Å². The van der Waals surface area contributed by atoms with Crippen LogP contribution < -0.4 is 0 Å². The molecule has 0 unspecified atom stereocenters. The van der Waals surface area contributed by atoms with Crippen LogP contribution in [0.25, 0.3) is 0 Å². The third-order valence-electron chi connectivity index (χ3n) is 1.52. The summed E-state index contributed by atoms with van der Waals surface area (Å²) < 4.78 is 13.3. The summed E-state index contributed by atoms with van der Waals surface area (Å²) in [6.07, 6.45) is 0. The number of nitro benzene ring substituents is 1. The summed E-state index contributed by atoms with van der Waals surface area (Å²) in [6.45, 7) is 0. The second-order valence-corrected chi connectivity index (χ2v) is 3.86. The average Bonchev–Trinajstić information content (AvgIpc) is 2.02. The Hall–Kier alpha value is -0.580. The molecule has 3 nitrogen and oxygen atoms in total. The van der Waals surface area contributed by atoms with Crippen LogP contribution in [0, 0.1) is 15.9 Å². The van der Waals surface area contributed by atoms with Crippen LogP contribution in [0.2, 0.25) is 5.02 Å². The third-order valence-corrected chi connectivity index (χ3v) is 2.29. The Labute approximate surface area is 93.5 Å². The Balaban J connectivity index is 3.41.